The van der Waals surface area contributed by atoms with Gasteiger partial charge in [0.25, 0.3) is 0 Å². The van der Waals surface area contributed by atoms with Crippen LogP contribution in [-0.2, 0) is 11.3 Å². The van der Waals surface area contributed by atoms with E-state index in [1.807, 2.05) is 17.0 Å². The summed E-state index contributed by atoms with van der Waals surface area (Å²) in [6, 6.07) is 8.22. The number of anilines is 1. The van der Waals surface area contributed by atoms with Gasteiger partial charge in [-0.05, 0) is 37.0 Å². The van der Waals surface area contributed by atoms with Crippen LogP contribution in [0.25, 0.3) is 0 Å². The zero-order valence-electron chi connectivity index (χ0n) is 14.7. The zero-order valence-corrected chi connectivity index (χ0v) is 17.0. The Balaban J connectivity index is 0.00000288. The molecule has 1 aliphatic rings. The third-order valence-electron chi connectivity index (χ3n) is 4.08. The standard InChI is InChI=1S/C18H28N4O.HI/c1-3-4-12-20-18(19-2)21-14-15-8-10-16(11-9-15)22-13-6-5-7-17(22)23;/h8-11H,3-7,12-14H2,1-2H3,(H2,19,20,21);1H. The Morgan fingerprint density at radius 1 is 1.21 bits per heavy atom. The first-order valence-corrected chi connectivity index (χ1v) is 8.58. The molecule has 0 aromatic heterocycles. The van der Waals surface area contributed by atoms with E-state index in [1.165, 1.54) is 12.0 Å². The number of amides is 1. The average Bonchev–Trinajstić information content (AvgIpc) is 2.59. The van der Waals surface area contributed by atoms with Crippen molar-refractivity contribution in [2.45, 2.75) is 45.6 Å². The number of rotatable bonds is 6. The molecule has 0 bridgehead atoms. The van der Waals surface area contributed by atoms with E-state index in [1.54, 1.807) is 7.05 Å². The highest BCUT2D eigenvalue weighted by molar-refractivity contribution is 14.0. The number of guanidine groups is 1. The van der Waals surface area contributed by atoms with E-state index in [2.05, 4.69) is 34.7 Å². The second-order valence-corrected chi connectivity index (χ2v) is 5.88. The number of aliphatic imine (C=N–C) groups is 1. The number of piperidine rings is 1. The van der Waals surface area contributed by atoms with E-state index >= 15 is 0 Å². The molecule has 1 saturated heterocycles. The highest BCUT2D eigenvalue weighted by atomic mass is 127. The van der Waals surface area contributed by atoms with Crippen molar-refractivity contribution in [2.75, 3.05) is 25.0 Å². The van der Waals surface area contributed by atoms with Gasteiger partial charge in [-0.3, -0.25) is 9.79 Å². The maximum absolute atomic E-state index is 11.9. The second kappa shape index (κ2) is 11.3. The van der Waals surface area contributed by atoms with Gasteiger partial charge in [0.05, 0.1) is 0 Å². The molecule has 1 aromatic rings. The molecule has 0 spiro atoms. The quantitative estimate of drug-likeness (QED) is 0.307. The van der Waals surface area contributed by atoms with Gasteiger partial charge in [-0.2, -0.15) is 0 Å². The van der Waals surface area contributed by atoms with Crippen molar-refractivity contribution in [3.63, 3.8) is 0 Å². The minimum Gasteiger partial charge on any atom is -0.356 e. The number of nitrogens with one attached hydrogen (secondary N) is 2. The van der Waals surface area contributed by atoms with Crippen molar-refractivity contribution in [3.05, 3.63) is 29.8 Å². The lowest BCUT2D eigenvalue weighted by molar-refractivity contribution is -0.119. The van der Waals surface area contributed by atoms with Crippen LogP contribution in [0.15, 0.2) is 29.3 Å². The van der Waals surface area contributed by atoms with E-state index in [0.29, 0.717) is 6.42 Å². The van der Waals surface area contributed by atoms with Gasteiger partial charge in [-0.25, -0.2) is 0 Å². The average molecular weight is 444 g/mol. The molecular formula is C18H29IN4O. The van der Waals surface area contributed by atoms with Crippen molar-refractivity contribution in [1.82, 2.24) is 10.6 Å². The number of benzene rings is 1. The lowest BCUT2D eigenvalue weighted by Crippen LogP contribution is -2.37. The normalized spacial score (nSPS) is 15.0. The fraction of sp³-hybridized carbons (Fsp3) is 0.556. The molecule has 0 saturated carbocycles. The van der Waals surface area contributed by atoms with Crippen LogP contribution in [-0.4, -0.2) is 32.0 Å². The molecular weight excluding hydrogens is 415 g/mol. The van der Waals surface area contributed by atoms with Crippen LogP contribution in [0.4, 0.5) is 5.69 Å². The van der Waals surface area contributed by atoms with Crippen molar-refractivity contribution >= 4 is 41.5 Å². The molecule has 1 aliphatic heterocycles. The summed E-state index contributed by atoms with van der Waals surface area (Å²) in [6.07, 6.45) is 5.08. The first kappa shape index (κ1) is 20.7. The fourth-order valence-corrected chi connectivity index (χ4v) is 2.66. The van der Waals surface area contributed by atoms with Crippen LogP contribution in [0, 0.1) is 0 Å². The minimum atomic E-state index is 0. The highest BCUT2D eigenvalue weighted by Crippen LogP contribution is 2.21. The van der Waals surface area contributed by atoms with Gasteiger partial charge in [-0.15, -0.1) is 24.0 Å². The monoisotopic (exact) mass is 444 g/mol. The summed E-state index contributed by atoms with van der Waals surface area (Å²) < 4.78 is 0. The summed E-state index contributed by atoms with van der Waals surface area (Å²) in [5.41, 5.74) is 2.18. The molecule has 134 valence electrons. The van der Waals surface area contributed by atoms with Gasteiger partial charge in [0, 0.05) is 38.8 Å². The van der Waals surface area contributed by atoms with Crippen LogP contribution in [0.5, 0.6) is 0 Å². The van der Waals surface area contributed by atoms with E-state index in [0.717, 1.165) is 50.5 Å². The summed E-state index contributed by atoms with van der Waals surface area (Å²) >= 11 is 0. The molecule has 0 atom stereocenters. The second-order valence-electron chi connectivity index (χ2n) is 5.88. The van der Waals surface area contributed by atoms with Crippen LogP contribution in [0.3, 0.4) is 0 Å². The fourth-order valence-electron chi connectivity index (χ4n) is 2.66. The third kappa shape index (κ3) is 6.30. The number of carbonyl (C=O) groups excluding carboxylic acids is 1. The maximum atomic E-state index is 11.9. The van der Waals surface area contributed by atoms with Crippen LogP contribution in [0.1, 0.15) is 44.6 Å². The molecule has 1 fully saturated rings. The third-order valence-corrected chi connectivity index (χ3v) is 4.08. The van der Waals surface area contributed by atoms with Gasteiger partial charge in [0.2, 0.25) is 5.91 Å². The van der Waals surface area contributed by atoms with Gasteiger partial charge < -0.3 is 15.5 Å². The maximum Gasteiger partial charge on any atom is 0.226 e. The molecule has 1 heterocycles. The van der Waals surface area contributed by atoms with Crippen molar-refractivity contribution < 1.29 is 4.79 Å². The van der Waals surface area contributed by atoms with Crippen LogP contribution < -0.4 is 15.5 Å². The molecule has 6 heteroatoms. The lowest BCUT2D eigenvalue weighted by atomic mass is 10.1. The Kier molecular flexibility index (Phi) is 9.75. The summed E-state index contributed by atoms with van der Waals surface area (Å²) in [5.74, 6) is 1.07. The molecule has 24 heavy (non-hydrogen) atoms. The first-order valence-electron chi connectivity index (χ1n) is 8.58. The molecule has 0 aliphatic carbocycles. The number of hydrogen-bond acceptors (Lipinski definition) is 2. The smallest absolute Gasteiger partial charge is 0.226 e. The summed E-state index contributed by atoms with van der Waals surface area (Å²) in [7, 11) is 1.78. The van der Waals surface area contributed by atoms with Gasteiger partial charge in [0.1, 0.15) is 0 Å². The number of unbranched alkanes of at least 4 members (excludes halogenated alkanes) is 1. The molecule has 5 nitrogen and oxygen atoms in total. The predicted molar refractivity (Wildman–Crippen MR) is 111 cm³/mol. The Morgan fingerprint density at radius 3 is 2.58 bits per heavy atom. The molecule has 1 aromatic carbocycles. The van der Waals surface area contributed by atoms with E-state index in [9.17, 15) is 4.79 Å². The molecule has 0 radical (unpaired) electrons. The van der Waals surface area contributed by atoms with E-state index in [4.69, 9.17) is 0 Å². The topological polar surface area (TPSA) is 56.7 Å². The highest BCUT2D eigenvalue weighted by Gasteiger charge is 2.19. The molecule has 0 unspecified atom stereocenters. The summed E-state index contributed by atoms with van der Waals surface area (Å²) in [4.78, 5) is 18.1. The van der Waals surface area contributed by atoms with Crippen molar-refractivity contribution in [1.29, 1.82) is 0 Å². The van der Waals surface area contributed by atoms with Crippen molar-refractivity contribution in [2.24, 2.45) is 4.99 Å². The van der Waals surface area contributed by atoms with Crippen LogP contribution in [0.2, 0.25) is 0 Å². The Hall–Kier alpha value is -1.31. The lowest BCUT2D eigenvalue weighted by Gasteiger charge is -2.26. The van der Waals surface area contributed by atoms with Gasteiger partial charge in [-0.1, -0.05) is 25.5 Å². The largest absolute Gasteiger partial charge is 0.356 e. The Labute approximate surface area is 162 Å². The number of nitrogens with zero attached hydrogens (tertiary/aromatic N) is 2. The SMILES string of the molecule is CCCCNC(=NC)NCc1ccc(N2CCCCC2=O)cc1.I. The van der Waals surface area contributed by atoms with Gasteiger partial charge >= 0.3 is 0 Å². The molecule has 2 rings (SSSR count). The summed E-state index contributed by atoms with van der Waals surface area (Å²) in [5, 5.41) is 6.61. The zero-order chi connectivity index (χ0) is 16.5. The summed E-state index contributed by atoms with van der Waals surface area (Å²) in [6.45, 7) is 4.67. The van der Waals surface area contributed by atoms with E-state index < -0.39 is 0 Å². The number of carbonyl (C=O) groups is 1. The molecule has 1 amide bonds. The van der Waals surface area contributed by atoms with E-state index in [-0.39, 0.29) is 29.9 Å². The number of halogens is 1. The van der Waals surface area contributed by atoms with Gasteiger partial charge in [0.15, 0.2) is 5.96 Å². The van der Waals surface area contributed by atoms with Crippen LogP contribution >= 0.6 is 24.0 Å². The molecule has 2 N–H and O–H groups in total. The van der Waals surface area contributed by atoms with Crippen molar-refractivity contribution in [3.8, 4) is 0 Å². The Bertz CT molecular complexity index is 530. The predicted octanol–water partition coefficient (Wildman–Crippen LogP) is 3.29. The Morgan fingerprint density at radius 2 is 1.96 bits per heavy atom. The minimum absolute atomic E-state index is 0. The first-order chi connectivity index (χ1) is 11.2. The number of hydrogen-bond donors (Lipinski definition) is 2.